The highest BCUT2D eigenvalue weighted by molar-refractivity contribution is 5.98. The van der Waals surface area contributed by atoms with Crippen LogP contribution in [0.2, 0.25) is 0 Å². The van der Waals surface area contributed by atoms with Gasteiger partial charge >= 0.3 is 0 Å². The number of benzene rings is 1. The van der Waals surface area contributed by atoms with E-state index in [0.29, 0.717) is 29.5 Å². The minimum absolute atomic E-state index is 0.0463. The Kier molecular flexibility index (Phi) is 5.44. The summed E-state index contributed by atoms with van der Waals surface area (Å²) in [6, 6.07) is 9.96. The van der Waals surface area contributed by atoms with Crippen LogP contribution in [0.5, 0.6) is 5.75 Å². The lowest BCUT2D eigenvalue weighted by Crippen LogP contribution is -2.24. The van der Waals surface area contributed by atoms with Crippen molar-refractivity contribution in [1.29, 1.82) is 0 Å². The van der Waals surface area contributed by atoms with Crippen molar-refractivity contribution in [1.82, 2.24) is 19.9 Å². The van der Waals surface area contributed by atoms with Crippen molar-refractivity contribution >= 4 is 41.4 Å². The molecule has 2 amide bonds. The number of nitrogens with two attached hydrogens (primary N) is 1. The molecule has 0 aliphatic heterocycles. The number of rotatable bonds is 9. The number of carbonyl (C=O) groups is 2. The normalized spacial score (nSPS) is 13.7. The van der Waals surface area contributed by atoms with E-state index in [9.17, 15) is 9.59 Å². The van der Waals surface area contributed by atoms with Gasteiger partial charge in [-0.2, -0.15) is 9.61 Å². The standard InChI is InChI=1S/C21H23N7O3/c1-27(15-4-3-5-16(9-15)31-2)18-10-19(25-14-6-7-14)28-21(26-18)13(11-24-28)8-17(20(22)30)23-12-29/h3-5,8-12,14,25H,6-7H2,1-2H3,(H2,22,30)(H,23,29)/b17-8-. The predicted molar refractivity (Wildman–Crippen MR) is 117 cm³/mol. The van der Waals surface area contributed by atoms with Crippen LogP contribution >= 0.6 is 0 Å². The molecule has 1 aliphatic rings. The number of amides is 2. The first-order chi connectivity index (χ1) is 15.0. The smallest absolute Gasteiger partial charge is 0.265 e. The van der Waals surface area contributed by atoms with Crippen molar-refractivity contribution in [3.8, 4) is 5.75 Å². The highest BCUT2D eigenvalue weighted by Gasteiger charge is 2.24. The van der Waals surface area contributed by atoms with Crippen LogP contribution in [0.25, 0.3) is 11.7 Å². The van der Waals surface area contributed by atoms with E-state index in [1.807, 2.05) is 42.3 Å². The van der Waals surface area contributed by atoms with Gasteiger partial charge in [0.05, 0.1) is 13.3 Å². The zero-order valence-electron chi connectivity index (χ0n) is 17.2. The molecule has 4 N–H and O–H groups in total. The fourth-order valence-corrected chi connectivity index (χ4v) is 3.13. The number of anilines is 3. The molecule has 0 atom stereocenters. The Morgan fingerprint density at radius 1 is 1.35 bits per heavy atom. The summed E-state index contributed by atoms with van der Waals surface area (Å²) in [5.74, 6) is 1.43. The predicted octanol–water partition coefficient (Wildman–Crippen LogP) is 1.65. The van der Waals surface area contributed by atoms with E-state index in [4.69, 9.17) is 15.5 Å². The molecule has 3 aromatic rings. The zero-order valence-corrected chi connectivity index (χ0v) is 17.2. The minimum atomic E-state index is -0.757. The largest absolute Gasteiger partial charge is 0.497 e. The maximum Gasteiger partial charge on any atom is 0.265 e. The lowest BCUT2D eigenvalue weighted by molar-refractivity contribution is -0.116. The van der Waals surface area contributed by atoms with Crippen LogP contribution < -0.4 is 26.0 Å². The molecule has 1 aliphatic carbocycles. The Morgan fingerprint density at radius 2 is 2.16 bits per heavy atom. The maximum absolute atomic E-state index is 11.6. The number of hydrogen-bond donors (Lipinski definition) is 3. The van der Waals surface area contributed by atoms with Crippen molar-refractivity contribution in [2.24, 2.45) is 5.73 Å². The van der Waals surface area contributed by atoms with E-state index in [-0.39, 0.29) is 5.70 Å². The number of aromatic nitrogens is 3. The first kappa shape index (κ1) is 20.2. The van der Waals surface area contributed by atoms with Gasteiger partial charge in [-0.15, -0.1) is 0 Å². The summed E-state index contributed by atoms with van der Waals surface area (Å²) in [6.07, 6.45) is 5.62. The molecule has 4 rings (SSSR count). The number of nitrogens with zero attached hydrogens (tertiary/aromatic N) is 4. The van der Waals surface area contributed by atoms with Crippen LogP contribution in [0.4, 0.5) is 17.3 Å². The number of primary amides is 1. The van der Waals surface area contributed by atoms with E-state index < -0.39 is 5.91 Å². The Hall–Kier alpha value is -4.08. The highest BCUT2D eigenvalue weighted by atomic mass is 16.5. The van der Waals surface area contributed by atoms with Crippen molar-refractivity contribution in [3.05, 3.63) is 47.8 Å². The van der Waals surface area contributed by atoms with Crippen LogP contribution in [0.3, 0.4) is 0 Å². The summed E-state index contributed by atoms with van der Waals surface area (Å²) in [5, 5.41) is 10.2. The van der Waals surface area contributed by atoms with Gasteiger partial charge in [-0.05, 0) is 31.1 Å². The summed E-state index contributed by atoms with van der Waals surface area (Å²) in [5.41, 5.74) is 7.27. The van der Waals surface area contributed by atoms with Crippen molar-refractivity contribution < 1.29 is 14.3 Å². The molecule has 1 aromatic carbocycles. The van der Waals surface area contributed by atoms with Crippen LogP contribution in [-0.4, -0.2) is 47.1 Å². The summed E-state index contributed by atoms with van der Waals surface area (Å²) < 4.78 is 7.00. The molecule has 1 fully saturated rings. The maximum atomic E-state index is 11.6. The van der Waals surface area contributed by atoms with Gasteiger partial charge in [0, 0.05) is 36.5 Å². The summed E-state index contributed by atoms with van der Waals surface area (Å²) in [7, 11) is 3.53. The van der Waals surface area contributed by atoms with Gasteiger partial charge in [0.1, 0.15) is 23.1 Å². The molecule has 0 saturated heterocycles. The summed E-state index contributed by atoms with van der Waals surface area (Å²) >= 11 is 0. The molecule has 2 heterocycles. The van der Waals surface area contributed by atoms with Gasteiger partial charge in [0.15, 0.2) is 5.65 Å². The van der Waals surface area contributed by atoms with Crippen LogP contribution in [0.15, 0.2) is 42.2 Å². The number of methoxy groups -OCH3 is 1. The minimum Gasteiger partial charge on any atom is -0.497 e. The molecule has 10 nitrogen and oxygen atoms in total. The quantitative estimate of drug-likeness (QED) is 0.354. The highest BCUT2D eigenvalue weighted by Crippen LogP contribution is 2.31. The zero-order chi connectivity index (χ0) is 22.0. The van der Waals surface area contributed by atoms with Crippen molar-refractivity contribution in [2.45, 2.75) is 18.9 Å². The second-order valence-corrected chi connectivity index (χ2v) is 7.20. The first-order valence-electron chi connectivity index (χ1n) is 9.75. The Labute approximate surface area is 178 Å². The number of nitrogens with one attached hydrogen (secondary N) is 2. The van der Waals surface area contributed by atoms with Crippen molar-refractivity contribution in [3.63, 3.8) is 0 Å². The second-order valence-electron chi connectivity index (χ2n) is 7.20. The molecule has 1 saturated carbocycles. The molecule has 0 unspecified atom stereocenters. The van der Waals surface area contributed by atoms with Crippen LogP contribution in [-0.2, 0) is 9.59 Å². The van der Waals surface area contributed by atoms with Crippen LogP contribution in [0.1, 0.15) is 18.4 Å². The molecular formula is C21H23N7O3. The summed E-state index contributed by atoms with van der Waals surface area (Å²) in [6.45, 7) is 0. The average molecular weight is 421 g/mol. The Bertz CT molecular complexity index is 1170. The number of carbonyl (C=O) groups excluding carboxylic acids is 2. The van der Waals surface area contributed by atoms with Gasteiger partial charge in [-0.3, -0.25) is 9.59 Å². The molecular weight excluding hydrogens is 398 g/mol. The van der Waals surface area contributed by atoms with Gasteiger partial charge in [0.2, 0.25) is 6.41 Å². The molecule has 0 bridgehead atoms. The van der Waals surface area contributed by atoms with Crippen molar-refractivity contribution in [2.75, 3.05) is 24.4 Å². The molecule has 160 valence electrons. The van der Waals surface area contributed by atoms with E-state index in [0.717, 1.165) is 30.1 Å². The molecule has 0 radical (unpaired) electrons. The molecule has 2 aromatic heterocycles. The average Bonchev–Trinajstić information content (AvgIpc) is 3.50. The van der Waals surface area contributed by atoms with Gasteiger partial charge in [-0.25, -0.2) is 4.98 Å². The summed E-state index contributed by atoms with van der Waals surface area (Å²) in [4.78, 5) is 29.2. The van der Waals surface area contributed by atoms with Gasteiger partial charge in [-0.1, -0.05) is 6.07 Å². The van der Waals surface area contributed by atoms with Crippen LogP contribution in [0, 0.1) is 0 Å². The SMILES string of the molecule is COc1cccc(N(C)c2cc(NC3CC3)n3ncc(/C=C(\NC=O)C(N)=O)c3n2)c1. The third-order valence-electron chi connectivity index (χ3n) is 4.98. The topological polar surface area (TPSA) is 127 Å². The second kappa shape index (κ2) is 8.34. The molecule has 10 heteroatoms. The lowest BCUT2D eigenvalue weighted by atomic mass is 10.2. The lowest BCUT2D eigenvalue weighted by Gasteiger charge is -2.20. The van der Waals surface area contributed by atoms with E-state index in [1.165, 1.54) is 6.08 Å². The third kappa shape index (κ3) is 4.27. The monoisotopic (exact) mass is 421 g/mol. The fraction of sp³-hybridized carbons (Fsp3) is 0.238. The number of ether oxygens (including phenoxy) is 1. The Balaban J connectivity index is 1.82. The molecule has 31 heavy (non-hydrogen) atoms. The first-order valence-corrected chi connectivity index (χ1v) is 9.75. The fourth-order valence-electron chi connectivity index (χ4n) is 3.13. The van der Waals surface area contributed by atoms with E-state index in [1.54, 1.807) is 17.8 Å². The molecule has 0 spiro atoms. The Morgan fingerprint density at radius 3 is 2.84 bits per heavy atom. The number of fused-ring (bicyclic) bond motifs is 1. The third-order valence-corrected chi connectivity index (χ3v) is 4.98. The van der Waals surface area contributed by atoms with E-state index >= 15 is 0 Å². The number of hydrogen-bond acceptors (Lipinski definition) is 7. The van der Waals surface area contributed by atoms with Gasteiger partial charge < -0.3 is 26.0 Å². The van der Waals surface area contributed by atoms with Gasteiger partial charge in [0.25, 0.3) is 5.91 Å². The van der Waals surface area contributed by atoms with E-state index in [2.05, 4.69) is 15.7 Å².